The Morgan fingerprint density at radius 1 is 1.04 bits per heavy atom. The first-order chi connectivity index (χ1) is 11.7. The van der Waals surface area contributed by atoms with Crippen LogP contribution in [0.3, 0.4) is 0 Å². The molecule has 0 saturated carbocycles. The molecule has 0 aliphatic rings. The maximum atomic E-state index is 4.25. The second-order valence-electron chi connectivity index (χ2n) is 7.20. The zero-order valence-electron chi connectivity index (χ0n) is 17.2. The van der Waals surface area contributed by atoms with Crippen LogP contribution in [0.2, 0.25) is 0 Å². The topological polar surface area (TPSA) is 0 Å². The van der Waals surface area contributed by atoms with E-state index in [4.69, 9.17) is 0 Å². The molecular formula is C25H36. The third kappa shape index (κ3) is 8.03. The summed E-state index contributed by atoms with van der Waals surface area (Å²) in [5.74, 6) is 0. The Kier molecular flexibility index (Phi) is 10.5. The predicted octanol–water partition coefficient (Wildman–Crippen LogP) is 7.74. The summed E-state index contributed by atoms with van der Waals surface area (Å²) < 4.78 is 0. The molecule has 0 saturated heterocycles. The summed E-state index contributed by atoms with van der Waals surface area (Å²) in [5.41, 5.74) is 6.11. The molecule has 25 heavy (non-hydrogen) atoms. The lowest BCUT2D eigenvalue weighted by molar-refractivity contribution is 0.590. The highest BCUT2D eigenvalue weighted by atomic mass is 14.2. The number of rotatable bonds is 6. The number of allylic oxidation sites excluding steroid dienone is 7. The van der Waals surface area contributed by atoms with Crippen molar-refractivity contribution < 1.29 is 0 Å². The fourth-order valence-electron chi connectivity index (χ4n) is 2.43. The van der Waals surface area contributed by atoms with Crippen LogP contribution in [-0.2, 0) is 11.8 Å². The zero-order chi connectivity index (χ0) is 19.5. The first-order valence-corrected chi connectivity index (χ1v) is 9.14. The minimum atomic E-state index is 0.187. The van der Waals surface area contributed by atoms with E-state index in [9.17, 15) is 0 Å². The fraction of sp³-hybridized carbons (Fsp3) is 0.360. The highest BCUT2D eigenvalue weighted by Gasteiger charge is 2.13. The van der Waals surface area contributed by atoms with Gasteiger partial charge >= 0.3 is 0 Å². The molecule has 0 unspecified atom stereocenters. The van der Waals surface area contributed by atoms with E-state index in [0.29, 0.717) is 0 Å². The van der Waals surface area contributed by atoms with Gasteiger partial charge in [-0.05, 0) is 46.6 Å². The Morgan fingerprint density at radius 3 is 1.92 bits per heavy atom. The van der Waals surface area contributed by atoms with Crippen molar-refractivity contribution in [1.82, 2.24) is 0 Å². The first kappa shape index (κ1) is 22.9. The molecule has 0 amide bonds. The molecule has 1 aromatic carbocycles. The van der Waals surface area contributed by atoms with Gasteiger partial charge in [0.1, 0.15) is 0 Å². The van der Waals surface area contributed by atoms with E-state index in [2.05, 4.69) is 84.7 Å². The molecular weight excluding hydrogens is 300 g/mol. The Labute approximate surface area is 156 Å². The molecule has 1 rings (SSSR count). The lowest BCUT2D eigenvalue weighted by Crippen LogP contribution is -2.10. The molecule has 0 aliphatic heterocycles. The summed E-state index contributed by atoms with van der Waals surface area (Å²) in [7, 11) is 0. The van der Waals surface area contributed by atoms with E-state index in [1.807, 2.05) is 19.1 Å². The summed E-state index contributed by atoms with van der Waals surface area (Å²) in [5, 5.41) is 0. The third-order valence-corrected chi connectivity index (χ3v) is 3.74. The van der Waals surface area contributed by atoms with Crippen LogP contribution in [0.1, 0.15) is 59.1 Å². The summed E-state index contributed by atoms with van der Waals surface area (Å²) >= 11 is 0. The van der Waals surface area contributed by atoms with Gasteiger partial charge < -0.3 is 0 Å². The van der Waals surface area contributed by atoms with Gasteiger partial charge in [-0.1, -0.05) is 109 Å². The van der Waals surface area contributed by atoms with Crippen LogP contribution in [0, 0.1) is 0 Å². The van der Waals surface area contributed by atoms with Crippen molar-refractivity contribution in [1.29, 1.82) is 0 Å². The SMILES string of the molecule is C=C/C=C(C=C)/C(=C/C)C(=C)Cc1ccc(C(C)(C)C)cc1.CCC. The summed E-state index contributed by atoms with van der Waals surface area (Å²) in [6.07, 6.45) is 9.78. The lowest BCUT2D eigenvalue weighted by atomic mass is 9.86. The first-order valence-electron chi connectivity index (χ1n) is 9.14. The standard InChI is InChI=1S/C22H28.C3H8/c1-8-11-19(9-2)21(10-3)17(4)16-18-12-14-20(15-13-18)22(5,6)7;1-3-2/h8-15H,1-2,4,16H2,3,5-7H3;3H2,1-2H3/b19-11+,21-10+;. The molecule has 0 spiro atoms. The largest absolute Gasteiger partial charge is 0.0990 e. The van der Waals surface area contributed by atoms with Crippen molar-refractivity contribution in [2.75, 3.05) is 0 Å². The van der Waals surface area contributed by atoms with Crippen molar-refractivity contribution in [2.24, 2.45) is 0 Å². The average molecular weight is 337 g/mol. The van der Waals surface area contributed by atoms with Crippen LogP contribution in [0.15, 0.2) is 85.0 Å². The van der Waals surface area contributed by atoms with Gasteiger partial charge in [-0.2, -0.15) is 0 Å². The van der Waals surface area contributed by atoms with Crippen LogP contribution in [0.5, 0.6) is 0 Å². The van der Waals surface area contributed by atoms with Crippen LogP contribution in [0.25, 0.3) is 0 Å². The summed E-state index contributed by atoms with van der Waals surface area (Å²) in [4.78, 5) is 0. The Hall–Kier alpha value is -2.08. The molecule has 0 heterocycles. The van der Waals surface area contributed by atoms with E-state index < -0.39 is 0 Å². The van der Waals surface area contributed by atoms with Gasteiger partial charge in [0, 0.05) is 0 Å². The van der Waals surface area contributed by atoms with E-state index in [1.165, 1.54) is 17.5 Å². The van der Waals surface area contributed by atoms with Gasteiger partial charge in [-0.15, -0.1) is 0 Å². The van der Waals surface area contributed by atoms with Crippen molar-refractivity contribution >= 4 is 0 Å². The van der Waals surface area contributed by atoms with Crippen molar-refractivity contribution in [3.8, 4) is 0 Å². The van der Waals surface area contributed by atoms with E-state index >= 15 is 0 Å². The molecule has 136 valence electrons. The highest BCUT2D eigenvalue weighted by molar-refractivity contribution is 5.52. The Bertz CT molecular complexity index is 613. The van der Waals surface area contributed by atoms with Crippen molar-refractivity contribution in [2.45, 2.75) is 59.8 Å². The molecule has 0 aromatic heterocycles. The molecule has 1 aromatic rings. The molecule has 0 aliphatic carbocycles. The zero-order valence-corrected chi connectivity index (χ0v) is 17.2. The maximum absolute atomic E-state index is 4.25. The Morgan fingerprint density at radius 2 is 1.56 bits per heavy atom. The molecule has 0 nitrogen and oxygen atoms in total. The second-order valence-corrected chi connectivity index (χ2v) is 7.20. The number of hydrogen-bond donors (Lipinski definition) is 0. The molecule has 0 N–H and O–H groups in total. The monoisotopic (exact) mass is 336 g/mol. The smallest absolute Gasteiger partial charge is 0.00256 e. The van der Waals surface area contributed by atoms with E-state index in [-0.39, 0.29) is 5.41 Å². The number of benzene rings is 1. The molecule has 0 radical (unpaired) electrons. The van der Waals surface area contributed by atoms with Crippen LogP contribution < -0.4 is 0 Å². The van der Waals surface area contributed by atoms with Gasteiger partial charge in [0.15, 0.2) is 0 Å². The molecule has 0 heteroatoms. The van der Waals surface area contributed by atoms with Crippen molar-refractivity contribution in [3.05, 3.63) is 96.2 Å². The summed E-state index contributed by atoms with van der Waals surface area (Å²) in [6, 6.07) is 8.82. The highest BCUT2D eigenvalue weighted by Crippen LogP contribution is 2.25. The van der Waals surface area contributed by atoms with Gasteiger partial charge in [0.05, 0.1) is 0 Å². The van der Waals surface area contributed by atoms with Crippen LogP contribution in [-0.4, -0.2) is 0 Å². The fourth-order valence-corrected chi connectivity index (χ4v) is 2.43. The molecule has 0 atom stereocenters. The summed E-state index contributed by atoms with van der Waals surface area (Å²) in [6.45, 7) is 24.9. The quantitative estimate of drug-likeness (QED) is 0.466. The predicted molar refractivity (Wildman–Crippen MR) is 116 cm³/mol. The van der Waals surface area contributed by atoms with Gasteiger partial charge in [-0.25, -0.2) is 0 Å². The van der Waals surface area contributed by atoms with Gasteiger partial charge in [0.25, 0.3) is 0 Å². The van der Waals surface area contributed by atoms with Gasteiger partial charge in [0.2, 0.25) is 0 Å². The third-order valence-electron chi connectivity index (χ3n) is 3.74. The molecule has 0 bridgehead atoms. The minimum absolute atomic E-state index is 0.187. The van der Waals surface area contributed by atoms with Crippen LogP contribution in [0.4, 0.5) is 0 Å². The Balaban J connectivity index is 0.00000178. The minimum Gasteiger partial charge on any atom is -0.0990 e. The van der Waals surface area contributed by atoms with E-state index in [0.717, 1.165) is 23.1 Å². The van der Waals surface area contributed by atoms with Gasteiger partial charge in [-0.3, -0.25) is 0 Å². The average Bonchev–Trinajstić information content (AvgIpc) is 2.55. The maximum Gasteiger partial charge on any atom is -0.00256 e. The van der Waals surface area contributed by atoms with Crippen molar-refractivity contribution in [3.63, 3.8) is 0 Å². The van der Waals surface area contributed by atoms with E-state index in [1.54, 1.807) is 6.08 Å². The molecule has 0 fully saturated rings. The lowest BCUT2D eigenvalue weighted by Gasteiger charge is -2.19. The van der Waals surface area contributed by atoms with Crippen LogP contribution >= 0.6 is 0 Å². The second kappa shape index (κ2) is 11.5. The number of hydrogen-bond acceptors (Lipinski definition) is 0. The normalized spacial score (nSPS) is 12.1.